The van der Waals surface area contributed by atoms with Crippen LogP contribution in [0.3, 0.4) is 0 Å². The van der Waals surface area contributed by atoms with Gasteiger partial charge in [0.2, 0.25) is 0 Å². The minimum absolute atomic E-state index is 0. The Kier molecular flexibility index (Phi) is 9.12. The molecule has 211 valence electrons. The molecule has 2 nitrogen and oxygen atoms in total. The minimum Gasteiger partial charge on any atom is -0.305 e. The second-order valence-electron chi connectivity index (χ2n) is 12.1. The Hall–Kier alpha value is -3.39. The Morgan fingerprint density at radius 1 is 0.683 bits per heavy atom. The van der Waals surface area contributed by atoms with Crippen LogP contribution in [0.25, 0.3) is 33.6 Å². The second-order valence-corrected chi connectivity index (χ2v) is 12.1. The molecule has 2 heterocycles. The van der Waals surface area contributed by atoms with Crippen LogP contribution >= 0.6 is 0 Å². The number of fused-ring (bicyclic) bond motifs is 3. The summed E-state index contributed by atoms with van der Waals surface area (Å²) in [6, 6.07) is 36.3. The van der Waals surface area contributed by atoms with E-state index in [2.05, 4.69) is 118 Å². The van der Waals surface area contributed by atoms with E-state index in [4.69, 9.17) is 0 Å². The fourth-order valence-corrected chi connectivity index (χ4v) is 5.45. The predicted molar refractivity (Wildman–Crippen MR) is 167 cm³/mol. The first-order valence-corrected chi connectivity index (χ1v) is 14.1. The topological polar surface area (TPSA) is 25.8 Å². The summed E-state index contributed by atoms with van der Waals surface area (Å²) in [4.78, 5) is 8.95. The molecule has 0 spiro atoms. The normalized spacial score (nSPS) is 14.1. The van der Waals surface area contributed by atoms with Crippen LogP contribution < -0.4 is 0 Å². The van der Waals surface area contributed by atoms with Crippen molar-refractivity contribution in [2.24, 2.45) is 0 Å². The maximum Gasteiger partial charge on any atom is 0.0190 e. The van der Waals surface area contributed by atoms with Crippen LogP contribution in [0.5, 0.6) is 0 Å². The average Bonchev–Trinajstić information content (AvgIpc) is 2.97. The van der Waals surface area contributed by atoms with E-state index >= 15 is 0 Å². The molecule has 0 aliphatic heterocycles. The van der Waals surface area contributed by atoms with Gasteiger partial charge in [0.25, 0.3) is 0 Å². The molecule has 0 saturated carbocycles. The number of rotatable bonds is 3. The van der Waals surface area contributed by atoms with Crippen molar-refractivity contribution in [3.8, 4) is 33.6 Å². The molecule has 3 aromatic carbocycles. The molecule has 2 aromatic heterocycles. The second kappa shape index (κ2) is 12.2. The van der Waals surface area contributed by atoms with E-state index in [1.54, 1.807) is 0 Å². The van der Waals surface area contributed by atoms with Crippen molar-refractivity contribution in [3.63, 3.8) is 0 Å². The molecule has 6 rings (SSSR count). The maximum absolute atomic E-state index is 4.63. The van der Waals surface area contributed by atoms with Crippen molar-refractivity contribution in [2.75, 3.05) is 0 Å². The minimum atomic E-state index is 0. The molecule has 0 N–H and O–H groups in total. The van der Waals surface area contributed by atoms with Crippen molar-refractivity contribution in [1.82, 2.24) is 9.97 Å². The van der Waals surface area contributed by atoms with Crippen LogP contribution in [-0.4, -0.2) is 9.97 Å². The number of hydrogen-bond acceptors (Lipinski definition) is 2. The van der Waals surface area contributed by atoms with Gasteiger partial charge >= 0.3 is 0 Å². The van der Waals surface area contributed by atoms with E-state index in [-0.39, 0.29) is 30.9 Å². The molecule has 1 aliphatic carbocycles. The van der Waals surface area contributed by atoms with Crippen molar-refractivity contribution >= 4 is 0 Å². The van der Waals surface area contributed by atoms with E-state index in [0.717, 1.165) is 22.5 Å². The van der Waals surface area contributed by atoms with Crippen LogP contribution in [0.2, 0.25) is 0 Å². The molecular weight excluding hydrogens is 677 g/mol. The molecule has 0 unspecified atom stereocenters. The molecule has 1 radical (unpaired) electrons. The zero-order valence-corrected chi connectivity index (χ0v) is 27.4. The van der Waals surface area contributed by atoms with Crippen molar-refractivity contribution in [3.05, 3.63) is 132 Å². The van der Waals surface area contributed by atoms with Crippen molar-refractivity contribution in [1.29, 1.82) is 0 Å². The molecule has 1 aliphatic rings. The monoisotopic (exact) mass is 715 g/mol. The van der Waals surface area contributed by atoms with Gasteiger partial charge in [-0.15, -0.1) is 65.2 Å². The summed E-state index contributed by atoms with van der Waals surface area (Å²) in [6.45, 7) is 15.9. The molecule has 0 fully saturated rings. The van der Waals surface area contributed by atoms with E-state index < -0.39 is 0 Å². The quantitative estimate of drug-likeness (QED) is 0.174. The van der Waals surface area contributed by atoms with Crippen molar-refractivity contribution < 1.29 is 20.1 Å². The molecular formula is C38H38IrN2-2. The molecule has 0 saturated heterocycles. The number of nitrogens with zero attached hydrogens (tertiary/aromatic N) is 2. The smallest absolute Gasteiger partial charge is 0.0190 e. The SMILES string of the molecule is CC(C)c1ccnc(-c2[c-]cc3c(c2)-c2ccccc2C(C)(C)C3(C)C)c1.Cc1ccc(-c2[c-]cccc2)nc1.[Ir]. The van der Waals surface area contributed by atoms with Crippen molar-refractivity contribution in [2.45, 2.75) is 65.2 Å². The fraction of sp³-hybridized carbons (Fsp3) is 0.263. The number of hydrogen-bond donors (Lipinski definition) is 0. The summed E-state index contributed by atoms with van der Waals surface area (Å²) in [5, 5.41) is 0. The van der Waals surface area contributed by atoms with Gasteiger partial charge in [0.05, 0.1) is 0 Å². The number of aryl methyl sites for hydroxylation is 1. The summed E-state index contributed by atoms with van der Waals surface area (Å²) >= 11 is 0. The van der Waals surface area contributed by atoms with Crippen LogP contribution in [0, 0.1) is 19.1 Å². The number of pyridine rings is 2. The van der Waals surface area contributed by atoms with Gasteiger partial charge in [-0.3, -0.25) is 0 Å². The Balaban J connectivity index is 0.000000233. The third-order valence-corrected chi connectivity index (χ3v) is 8.70. The third kappa shape index (κ3) is 5.98. The number of benzene rings is 3. The van der Waals surface area contributed by atoms with Gasteiger partial charge in [-0.05, 0) is 57.8 Å². The third-order valence-electron chi connectivity index (χ3n) is 8.70. The van der Waals surface area contributed by atoms with E-state index in [1.165, 1.54) is 33.4 Å². The first-order valence-electron chi connectivity index (χ1n) is 14.1. The average molecular weight is 715 g/mol. The summed E-state index contributed by atoms with van der Waals surface area (Å²) in [5.41, 5.74) is 12.1. The van der Waals surface area contributed by atoms with Crippen LogP contribution in [0.15, 0.2) is 97.3 Å². The Bertz CT molecular complexity index is 1620. The Morgan fingerprint density at radius 2 is 1.41 bits per heavy atom. The van der Waals surface area contributed by atoms with Gasteiger partial charge in [-0.1, -0.05) is 95.1 Å². The van der Waals surface area contributed by atoms with E-state index in [9.17, 15) is 0 Å². The molecule has 41 heavy (non-hydrogen) atoms. The summed E-state index contributed by atoms with van der Waals surface area (Å²) in [7, 11) is 0. The van der Waals surface area contributed by atoms with Crippen LogP contribution in [0.4, 0.5) is 0 Å². The van der Waals surface area contributed by atoms with E-state index in [0.29, 0.717) is 5.92 Å². The van der Waals surface area contributed by atoms with Crippen LogP contribution in [0.1, 0.15) is 69.7 Å². The Labute approximate surface area is 259 Å². The van der Waals surface area contributed by atoms with Gasteiger partial charge in [-0.25, -0.2) is 0 Å². The molecule has 0 atom stereocenters. The first kappa shape index (κ1) is 30.6. The zero-order valence-electron chi connectivity index (χ0n) is 25.0. The van der Waals surface area contributed by atoms with Gasteiger partial charge in [0.15, 0.2) is 0 Å². The first-order chi connectivity index (χ1) is 19.1. The van der Waals surface area contributed by atoms with Gasteiger partial charge in [0, 0.05) is 32.5 Å². The van der Waals surface area contributed by atoms with Crippen LogP contribution in [-0.2, 0) is 30.9 Å². The van der Waals surface area contributed by atoms with Gasteiger partial charge in [0.1, 0.15) is 0 Å². The summed E-state index contributed by atoms with van der Waals surface area (Å²) in [6.07, 6.45) is 3.79. The zero-order chi connectivity index (χ0) is 28.5. The van der Waals surface area contributed by atoms with E-state index in [1.807, 2.05) is 49.6 Å². The fourth-order valence-electron chi connectivity index (χ4n) is 5.45. The standard InChI is InChI=1S/C26H28N.C12H10N.Ir/c1-17(2)18-13-14-27-24(16-18)19-11-12-23-21(15-19)20-9-7-8-10-22(20)25(3,4)26(23,5)6;1-10-7-8-12(13-9-10)11-5-3-2-4-6-11;/h7-10,12-17H,1-6H3;2-5,7-9H,1H3;/q2*-1;. The van der Waals surface area contributed by atoms with Gasteiger partial charge < -0.3 is 9.97 Å². The Morgan fingerprint density at radius 3 is 2.10 bits per heavy atom. The molecule has 5 aromatic rings. The summed E-state index contributed by atoms with van der Waals surface area (Å²) < 4.78 is 0. The summed E-state index contributed by atoms with van der Waals surface area (Å²) in [5.74, 6) is 0.491. The number of aromatic nitrogens is 2. The van der Waals surface area contributed by atoms with Gasteiger partial charge in [-0.2, -0.15) is 0 Å². The maximum atomic E-state index is 4.63. The largest absolute Gasteiger partial charge is 0.305 e. The molecule has 0 amide bonds. The predicted octanol–water partition coefficient (Wildman–Crippen LogP) is 9.76. The molecule has 0 bridgehead atoms. The molecule has 3 heteroatoms.